The zero-order valence-corrected chi connectivity index (χ0v) is 15.2. The van der Waals surface area contributed by atoms with E-state index >= 15 is 0 Å². The molecule has 0 radical (unpaired) electrons. The van der Waals surface area contributed by atoms with Gasteiger partial charge in [0, 0.05) is 11.4 Å². The second-order valence-electron chi connectivity index (χ2n) is 8.96. The average Bonchev–Trinajstić information content (AvgIpc) is 2.59. The Bertz CT molecular complexity index is 893. The number of amides is 1. The van der Waals surface area contributed by atoms with Gasteiger partial charge in [-0.15, -0.1) is 0 Å². The first-order valence-electron chi connectivity index (χ1n) is 9.86. The molecule has 1 aromatic carbocycles. The molecule has 1 amide bonds. The van der Waals surface area contributed by atoms with Gasteiger partial charge in [0.1, 0.15) is 11.1 Å². The van der Waals surface area contributed by atoms with Gasteiger partial charge in [0.2, 0.25) is 0 Å². The van der Waals surface area contributed by atoms with Crippen molar-refractivity contribution < 1.29 is 9.21 Å². The van der Waals surface area contributed by atoms with Crippen LogP contribution >= 0.6 is 0 Å². The molecule has 4 fully saturated rings. The van der Waals surface area contributed by atoms with Crippen molar-refractivity contribution >= 4 is 16.9 Å². The Morgan fingerprint density at radius 2 is 1.73 bits per heavy atom. The Morgan fingerprint density at radius 1 is 1.12 bits per heavy atom. The predicted octanol–water partition coefficient (Wildman–Crippen LogP) is 4.13. The molecule has 0 aliphatic heterocycles. The molecule has 4 nitrogen and oxygen atoms in total. The van der Waals surface area contributed by atoms with Crippen LogP contribution in [-0.2, 0) is 0 Å². The molecule has 1 N–H and O–H groups in total. The summed E-state index contributed by atoms with van der Waals surface area (Å²) in [4.78, 5) is 25.1. The zero-order valence-electron chi connectivity index (χ0n) is 15.2. The number of hydrogen-bond donors (Lipinski definition) is 1. The predicted molar refractivity (Wildman–Crippen MR) is 100 cm³/mol. The van der Waals surface area contributed by atoms with Gasteiger partial charge in [-0.1, -0.05) is 18.2 Å². The highest BCUT2D eigenvalue weighted by atomic mass is 16.4. The SMILES string of the molecule is CC(NC(=O)c1cc2ccccc2oc1=O)C12CC3CC(CC(C3)C1)C2. The van der Waals surface area contributed by atoms with Gasteiger partial charge in [-0.05, 0) is 80.8 Å². The van der Waals surface area contributed by atoms with E-state index in [9.17, 15) is 9.59 Å². The third-order valence-electron chi connectivity index (χ3n) is 7.24. The van der Waals surface area contributed by atoms with Crippen molar-refractivity contribution in [2.45, 2.75) is 51.5 Å². The molecule has 0 saturated heterocycles. The average molecular weight is 351 g/mol. The normalized spacial score (nSPS) is 33.3. The number of nitrogens with one attached hydrogen (secondary N) is 1. The summed E-state index contributed by atoms with van der Waals surface area (Å²) in [5.74, 6) is 2.22. The van der Waals surface area contributed by atoms with Crippen molar-refractivity contribution in [3.05, 3.63) is 46.3 Å². The van der Waals surface area contributed by atoms with E-state index in [0.717, 1.165) is 23.1 Å². The molecule has 4 bridgehead atoms. The second-order valence-corrected chi connectivity index (χ2v) is 8.96. The number of carbonyl (C=O) groups excluding carboxylic acids is 1. The van der Waals surface area contributed by atoms with Crippen LogP contribution in [0.4, 0.5) is 0 Å². The van der Waals surface area contributed by atoms with Crippen molar-refractivity contribution in [2.24, 2.45) is 23.2 Å². The topological polar surface area (TPSA) is 59.3 Å². The number of carbonyl (C=O) groups is 1. The fourth-order valence-electron chi connectivity index (χ4n) is 6.36. The van der Waals surface area contributed by atoms with E-state index in [0.29, 0.717) is 5.58 Å². The minimum absolute atomic E-state index is 0.0919. The molecule has 2 aromatic rings. The maximum atomic E-state index is 12.8. The Balaban J connectivity index is 1.40. The Morgan fingerprint density at radius 3 is 2.38 bits per heavy atom. The molecule has 4 saturated carbocycles. The van der Waals surface area contributed by atoms with Crippen LogP contribution in [0.3, 0.4) is 0 Å². The monoisotopic (exact) mass is 351 g/mol. The molecule has 1 aromatic heterocycles. The number of benzene rings is 1. The summed E-state index contributed by atoms with van der Waals surface area (Å²) in [6, 6.07) is 9.05. The summed E-state index contributed by atoms with van der Waals surface area (Å²) in [5.41, 5.74) is 0.295. The van der Waals surface area contributed by atoms with E-state index in [-0.39, 0.29) is 22.9 Å². The Labute approximate surface area is 153 Å². The first-order valence-corrected chi connectivity index (χ1v) is 9.86. The van der Waals surface area contributed by atoms with Gasteiger partial charge in [-0.25, -0.2) is 4.79 Å². The molecule has 136 valence electrons. The first kappa shape index (κ1) is 16.1. The zero-order chi connectivity index (χ0) is 17.9. The van der Waals surface area contributed by atoms with Crippen molar-refractivity contribution in [1.29, 1.82) is 0 Å². The van der Waals surface area contributed by atoms with Crippen LogP contribution in [0.5, 0.6) is 0 Å². The summed E-state index contributed by atoms with van der Waals surface area (Å²) in [7, 11) is 0. The lowest BCUT2D eigenvalue weighted by Gasteiger charge is -2.59. The van der Waals surface area contributed by atoms with Gasteiger partial charge in [-0.3, -0.25) is 4.79 Å². The van der Waals surface area contributed by atoms with Gasteiger partial charge in [0.05, 0.1) is 0 Å². The fraction of sp³-hybridized carbons (Fsp3) is 0.545. The number of fused-ring (bicyclic) bond motifs is 1. The number of para-hydroxylation sites is 1. The summed E-state index contributed by atoms with van der Waals surface area (Å²) >= 11 is 0. The van der Waals surface area contributed by atoms with E-state index in [1.165, 1.54) is 38.5 Å². The van der Waals surface area contributed by atoms with Crippen LogP contribution in [0.2, 0.25) is 0 Å². The molecule has 4 aliphatic carbocycles. The van der Waals surface area contributed by atoms with Crippen molar-refractivity contribution in [3.8, 4) is 0 Å². The van der Waals surface area contributed by atoms with Crippen LogP contribution < -0.4 is 10.9 Å². The molecule has 26 heavy (non-hydrogen) atoms. The number of rotatable bonds is 3. The largest absolute Gasteiger partial charge is 0.422 e. The summed E-state index contributed by atoms with van der Waals surface area (Å²) in [6.45, 7) is 2.13. The molecule has 1 atom stereocenters. The molecule has 1 unspecified atom stereocenters. The highest BCUT2D eigenvalue weighted by Gasteiger charge is 2.53. The maximum absolute atomic E-state index is 12.8. The lowest BCUT2D eigenvalue weighted by Crippen LogP contribution is -2.56. The third-order valence-corrected chi connectivity index (χ3v) is 7.24. The van der Waals surface area contributed by atoms with Crippen molar-refractivity contribution in [3.63, 3.8) is 0 Å². The van der Waals surface area contributed by atoms with Crippen LogP contribution in [0.1, 0.15) is 55.8 Å². The lowest BCUT2D eigenvalue weighted by atomic mass is 9.48. The van der Waals surface area contributed by atoms with E-state index < -0.39 is 5.63 Å². The molecular weight excluding hydrogens is 326 g/mol. The lowest BCUT2D eigenvalue weighted by molar-refractivity contribution is -0.0688. The third kappa shape index (κ3) is 2.50. The first-order chi connectivity index (χ1) is 12.5. The van der Waals surface area contributed by atoms with Crippen LogP contribution in [0.15, 0.2) is 39.5 Å². The molecule has 4 heteroatoms. The van der Waals surface area contributed by atoms with E-state index in [4.69, 9.17) is 4.42 Å². The summed E-state index contributed by atoms with van der Waals surface area (Å²) in [6.07, 6.45) is 7.84. The van der Waals surface area contributed by atoms with Crippen LogP contribution in [-0.4, -0.2) is 11.9 Å². The van der Waals surface area contributed by atoms with Crippen molar-refractivity contribution in [2.75, 3.05) is 0 Å². The molecular formula is C22H25NO3. The maximum Gasteiger partial charge on any atom is 0.349 e. The second kappa shape index (κ2) is 5.70. The quantitative estimate of drug-likeness (QED) is 0.846. The van der Waals surface area contributed by atoms with Gasteiger partial charge in [-0.2, -0.15) is 0 Å². The molecule has 4 aliphatic rings. The minimum atomic E-state index is -0.557. The fourth-order valence-corrected chi connectivity index (χ4v) is 6.36. The molecule has 1 heterocycles. The van der Waals surface area contributed by atoms with Gasteiger partial charge >= 0.3 is 5.63 Å². The van der Waals surface area contributed by atoms with Gasteiger partial charge in [0.15, 0.2) is 0 Å². The smallest absolute Gasteiger partial charge is 0.349 e. The van der Waals surface area contributed by atoms with Gasteiger partial charge < -0.3 is 9.73 Å². The summed E-state index contributed by atoms with van der Waals surface area (Å²) < 4.78 is 5.33. The highest BCUT2D eigenvalue weighted by Crippen LogP contribution is 2.61. The standard InChI is InChI=1S/C22H25NO3/c1-13(22-10-14-6-15(11-22)8-16(7-14)12-22)23-20(24)18-9-17-4-2-3-5-19(17)26-21(18)25/h2-5,9,13-16H,6-8,10-12H2,1H3,(H,23,24). The summed E-state index contributed by atoms with van der Waals surface area (Å²) in [5, 5.41) is 3.94. The van der Waals surface area contributed by atoms with E-state index in [1.54, 1.807) is 12.1 Å². The Kier molecular flexibility index (Phi) is 3.53. The van der Waals surface area contributed by atoms with Crippen molar-refractivity contribution in [1.82, 2.24) is 5.32 Å². The molecule has 6 rings (SSSR count). The molecule has 0 spiro atoms. The van der Waals surface area contributed by atoms with Crippen LogP contribution in [0.25, 0.3) is 11.0 Å². The number of hydrogen-bond acceptors (Lipinski definition) is 3. The van der Waals surface area contributed by atoms with Gasteiger partial charge in [0.25, 0.3) is 5.91 Å². The Hall–Kier alpha value is -2.10. The highest BCUT2D eigenvalue weighted by molar-refractivity contribution is 5.96. The van der Waals surface area contributed by atoms with E-state index in [2.05, 4.69) is 12.2 Å². The van der Waals surface area contributed by atoms with Crippen LogP contribution in [0, 0.1) is 23.2 Å². The minimum Gasteiger partial charge on any atom is -0.422 e. The van der Waals surface area contributed by atoms with E-state index in [1.807, 2.05) is 18.2 Å².